The van der Waals surface area contributed by atoms with E-state index in [1.165, 1.54) is 12.1 Å². The second-order valence-electron chi connectivity index (χ2n) is 5.68. The highest BCUT2D eigenvalue weighted by Crippen LogP contribution is 2.29. The number of piperidine rings is 1. The molecule has 2 amide bonds. The summed E-state index contributed by atoms with van der Waals surface area (Å²) in [5.41, 5.74) is 0.596. The van der Waals surface area contributed by atoms with Gasteiger partial charge < -0.3 is 0 Å². The van der Waals surface area contributed by atoms with Gasteiger partial charge in [-0.05, 0) is 17.7 Å². The molecule has 1 aliphatic heterocycles. The molecule has 25 heavy (non-hydrogen) atoms. The van der Waals surface area contributed by atoms with Gasteiger partial charge in [-0.25, -0.2) is 0 Å². The van der Waals surface area contributed by atoms with Crippen LogP contribution in [-0.2, 0) is 9.59 Å². The summed E-state index contributed by atoms with van der Waals surface area (Å²) in [7, 11) is 0. The van der Waals surface area contributed by atoms with Gasteiger partial charge in [0.25, 0.3) is 5.91 Å². The van der Waals surface area contributed by atoms with Crippen molar-refractivity contribution in [3.8, 4) is 0 Å². The van der Waals surface area contributed by atoms with Crippen LogP contribution in [0.5, 0.6) is 0 Å². The van der Waals surface area contributed by atoms with Gasteiger partial charge in [0.2, 0.25) is 0 Å². The van der Waals surface area contributed by atoms with E-state index in [9.17, 15) is 24.5 Å². The lowest BCUT2D eigenvalue weighted by atomic mass is 9.84. The van der Waals surface area contributed by atoms with Crippen molar-refractivity contribution in [1.29, 1.82) is 0 Å². The normalized spacial score (nSPS) is 20.4. The van der Waals surface area contributed by atoms with E-state index in [0.29, 0.717) is 10.5 Å². The fraction of sp³-hybridized carbons (Fsp3) is 0.167. The minimum absolute atomic E-state index is 0.198. The summed E-state index contributed by atoms with van der Waals surface area (Å²) >= 11 is 0. The van der Waals surface area contributed by atoms with E-state index >= 15 is 0 Å². The number of rotatable bonds is 3. The van der Waals surface area contributed by atoms with Crippen LogP contribution < -0.4 is 0 Å². The summed E-state index contributed by atoms with van der Waals surface area (Å²) in [4.78, 5) is 49.0. The standard InChI is InChI=1S/C18H14N2O5/c21-14-11-19(17(22)13-9-5-2-6-10-13)18(23)16(20(24)25)15(14)12-7-3-1-4-8-12/h1-10,15-16H,11H2/t15-,16+/m1/s1. The average Bonchev–Trinajstić information content (AvgIpc) is 2.63. The first kappa shape index (κ1) is 16.5. The quantitative estimate of drug-likeness (QED) is 0.482. The van der Waals surface area contributed by atoms with E-state index in [0.717, 1.165) is 0 Å². The number of hydrogen-bond donors (Lipinski definition) is 0. The zero-order chi connectivity index (χ0) is 18.0. The van der Waals surface area contributed by atoms with Crippen LogP contribution in [-0.4, -0.2) is 40.0 Å². The van der Waals surface area contributed by atoms with Gasteiger partial charge >= 0.3 is 11.9 Å². The first-order valence-electron chi connectivity index (χ1n) is 7.62. The number of benzene rings is 2. The summed E-state index contributed by atoms with van der Waals surface area (Å²) < 4.78 is 0. The molecule has 7 nitrogen and oxygen atoms in total. The molecule has 0 aromatic heterocycles. The van der Waals surface area contributed by atoms with Crippen LogP contribution in [0.15, 0.2) is 60.7 Å². The van der Waals surface area contributed by atoms with Crippen molar-refractivity contribution in [2.24, 2.45) is 0 Å². The third-order valence-electron chi connectivity index (χ3n) is 4.15. The molecule has 126 valence electrons. The van der Waals surface area contributed by atoms with Crippen LogP contribution in [0.25, 0.3) is 0 Å². The lowest BCUT2D eigenvalue weighted by Gasteiger charge is -2.31. The molecular formula is C18H14N2O5. The topological polar surface area (TPSA) is 97.6 Å². The Hall–Kier alpha value is -3.35. The molecule has 0 N–H and O–H groups in total. The number of nitrogens with zero attached hydrogens (tertiary/aromatic N) is 2. The largest absolute Gasteiger partial charge is 0.305 e. The maximum absolute atomic E-state index is 12.6. The molecule has 0 saturated carbocycles. The molecule has 1 aliphatic rings. The van der Waals surface area contributed by atoms with E-state index < -0.39 is 41.0 Å². The number of likely N-dealkylation sites (tertiary alicyclic amines) is 1. The monoisotopic (exact) mass is 338 g/mol. The van der Waals surface area contributed by atoms with Crippen molar-refractivity contribution < 1.29 is 19.3 Å². The molecule has 0 spiro atoms. The number of ketones is 1. The molecule has 1 saturated heterocycles. The van der Waals surface area contributed by atoms with Crippen LogP contribution in [0, 0.1) is 10.1 Å². The lowest BCUT2D eigenvalue weighted by molar-refractivity contribution is -0.511. The zero-order valence-electron chi connectivity index (χ0n) is 13.1. The smallest absolute Gasteiger partial charge is 0.297 e. The van der Waals surface area contributed by atoms with Crippen LogP contribution in [0.4, 0.5) is 0 Å². The van der Waals surface area contributed by atoms with Crippen LogP contribution in [0.2, 0.25) is 0 Å². The Bertz CT molecular complexity index is 835. The number of imide groups is 1. The first-order valence-corrected chi connectivity index (χ1v) is 7.62. The van der Waals surface area contributed by atoms with Gasteiger partial charge in [0.15, 0.2) is 5.78 Å². The summed E-state index contributed by atoms with van der Waals surface area (Å²) in [6.07, 6.45) is 0. The Morgan fingerprint density at radius 1 is 1.00 bits per heavy atom. The Morgan fingerprint density at radius 3 is 2.12 bits per heavy atom. The first-order chi connectivity index (χ1) is 12.0. The third kappa shape index (κ3) is 3.03. The predicted octanol–water partition coefficient (Wildman–Crippen LogP) is 1.67. The highest BCUT2D eigenvalue weighted by Gasteiger charge is 2.52. The minimum atomic E-state index is -1.81. The number of hydrogen-bond acceptors (Lipinski definition) is 5. The van der Waals surface area contributed by atoms with E-state index in [1.54, 1.807) is 48.5 Å². The third-order valence-corrected chi connectivity index (χ3v) is 4.15. The second kappa shape index (κ2) is 6.64. The van der Waals surface area contributed by atoms with Gasteiger partial charge in [-0.2, -0.15) is 0 Å². The number of carbonyl (C=O) groups is 3. The summed E-state index contributed by atoms with van der Waals surface area (Å²) in [6.45, 7) is -0.476. The zero-order valence-corrected chi connectivity index (χ0v) is 13.1. The lowest BCUT2D eigenvalue weighted by Crippen LogP contribution is -2.57. The molecule has 1 fully saturated rings. The van der Waals surface area contributed by atoms with E-state index in [2.05, 4.69) is 0 Å². The fourth-order valence-electron chi connectivity index (χ4n) is 2.96. The minimum Gasteiger partial charge on any atom is -0.297 e. The van der Waals surface area contributed by atoms with Crippen molar-refractivity contribution >= 4 is 17.6 Å². The van der Waals surface area contributed by atoms with Crippen molar-refractivity contribution in [3.63, 3.8) is 0 Å². The van der Waals surface area contributed by atoms with Crippen LogP contribution >= 0.6 is 0 Å². The number of nitro groups is 1. The Balaban J connectivity index is 1.97. The van der Waals surface area contributed by atoms with Crippen molar-refractivity contribution in [2.45, 2.75) is 12.0 Å². The van der Waals surface area contributed by atoms with Crippen LogP contribution in [0.3, 0.4) is 0 Å². The Kier molecular flexibility index (Phi) is 4.38. The number of amides is 2. The highest BCUT2D eigenvalue weighted by atomic mass is 16.6. The maximum atomic E-state index is 12.6. The van der Waals surface area contributed by atoms with Crippen molar-refractivity contribution in [3.05, 3.63) is 81.9 Å². The van der Waals surface area contributed by atoms with Crippen LogP contribution in [0.1, 0.15) is 21.8 Å². The molecule has 7 heteroatoms. The molecule has 0 bridgehead atoms. The number of carbonyl (C=O) groups excluding carboxylic acids is 3. The van der Waals surface area contributed by atoms with E-state index in [1.807, 2.05) is 0 Å². The summed E-state index contributed by atoms with van der Waals surface area (Å²) in [5.74, 6) is -3.40. The molecule has 0 unspecified atom stereocenters. The molecule has 2 atom stereocenters. The molecule has 0 aliphatic carbocycles. The highest BCUT2D eigenvalue weighted by molar-refractivity contribution is 6.12. The molecule has 2 aromatic carbocycles. The summed E-state index contributed by atoms with van der Waals surface area (Å²) in [6, 6.07) is 14.2. The maximum Gasteiger partial charge on any atom is 0.305 e. The molecule has 2 aromatic rings. The van der Waals surface area contributed by atoms with E-state index in [-0.39, 0.29) is 5.56 Å². The molecular weight excluding hydrogens is 324 g/mol. The van der Waals surface area contributed by atoms with Crippen molar-refractivity contribution in [1.82, 2.24) is 4.90 Å². The fourth-order valence-corrected chi connectivity index (χ4v) is 2.96. The van der Waals surface area contributed by atoms with Gasteiger partial charge in [0.1, 0.15) is 5.92 Å². The average molecular weight is 338 g/mol. The molecule has 3 rings (SSSR count). The number of Topliss-reactive ketones (excluding diaryl/α,β-unsaturated/α-hetero) is 1. The van der Waals surface area contributed by atoms with Gasteiger partial charge in [0, 0.05) is 10.5 Å². The van der Waals surface area contributed by atoms with E-state index in [4.69, 9.17) is 0 Å². The Morgan fingerprint density at radius 2 is 1.56 bits per heavy atom. The second-order valence-corrected chi connectivity index (χ2v) is 5.68. The van der Waals surface area contributed by atoms with Gasteiger partial charge in [-0.15, -0.1) is 0 Å². The molecule has 0 radical (unpaired) electrons. The SMILES string of the molecule is O=C1CN(C(=O)c2ccccc2)C(=O)[C@@H]([N+](=O)[O-])[C@@H]1c1ccccc1. The molecule has 1 heterocycles. The van der Waals surface area contributed by atoms with Crippen molar-refractivity contribution in [2.75, 3.05) is 6.54 Å². The van der Waals surface area contributed by atoms with Gasteiger partial charge in [-0.3, -0.25) is 29.4 Å². The van der Waals surface area contributed by atoms with Gasteiger partial charge in [0.05, 0.1) is 6.54 Å². The predicted molar refractivity (Wildman–Crippen MR) is 87.5 cm³/mol. The van der Waals surface area contributed by atoms with Gasteiger partial charge in [-0.1, -0.05) is 48.5 Å². The summed E-state index contributed by atoms with van der Waals surface area (Å²) in [5, 5.41) is 11.5. The Labute approximate surface area is 143 Å².